The monoisotopic (exact) mass is 445 g/mol. The lowest BCUT2D eigenvalue weighted by atomic mass is 10.1. The Hall–Kier alpha value is -3.65. The molecule has 5 rings (SSSR count). The van der Waals surface area contributed by atoms with Crippen molar-refractivity contribution in [2.24, 2.45) is 0 Å². The van der Waals surface area contributed by atoms with E-state index in [1.165, 1.54) is 0 Å². The van der Waals surface area contributed by atoms with E-state index in [9.17, 15) is 9.59 Å². The van der Waals surface area contributed by atoms with E-state index in [-0.39, 0.29) is 5.91 Å². The quantitative estimate of drug-likeness (QED) is 0.489. The van der Waals surface area contributed by atoms with Crippen LogP contribution in [0, 0.1) is 0 Å². The lowest BCUT2D eigenvalue weighted by molar-refractivity contribution is 0.102. The first-order valence-corrected chi connectivity index (χ1v) is 11.2. The fourth-order valence-corrected chi connectivity index (χ4v) is 4.29. The highest BCUT2D eigenvalue weighted by Gasteiger charge is 2.22. The van der Waals surface area contributed by atoms with Crippen molar-refractivity contribution in [2.75, 3.05) is 43.9 Å². The van der Waals surface area contributed by atoms with Gasteiger partial charge in [-0.05, 0) is 57.3 Å². The van der Waals surface area contributed by atoms with E-state index in [1.54, 1.807) is 22.8 Å². The number of hydrogen-bond donors (Lipinski definition) is 1. The molecule has 8 nitrogen and oxygen atoms in total. The van der Waals surface area contributed by atoms with Gasteiger partial charge >= 0.3 is 5.76 Å². The van der Waals surface area contributed by atoms with Gasteiger partial charge in [0, 0.05) is 37.3 Å². The second-order valence-corrected chi connectivity index (χ2v) is 8.71. The number of carbonyl (C=O) groups excluding carboxylic acids is 1. The minimum Gasteiger partial charge on any atom is -0.408 e. The van der Waals surface area contributed by atoms with Crippen molar-refractivity contribution in [1.82, 2.24) is 14.5 Å². The van der Waals surface area contributed by atoms with Crippen LogP contribution in [0.4, 0.5) is 11.5 Å². The van der Waals surface area contributed by atoms with E-state index in [4.69, 9.17) is 9.40 Å². The lowest BCUT2D eigenvalue weighted by Crippen LogP contribution is -2.24. The van der Waals surface area contributed by atoms with E-state index >= 15 is 0 Å². The van der Waals surface area contributed by atoms with E-state index < -0.39 is 5.76 Å². The minimum atomic E-state index is -0.398. The molecule has 33 heavy (non-hydrogen) atoms. The van der Waals surface area contributed by atoms with E-state index in [0.29, 0.717) is 35.4 Å². The Kier molecular flexibility index (Phi) is 5.60. The minimum absolute atomic E-state index is 0.222. The number of para-hydroxylation sites is 1. The van der Waals surface area contributed by atoms with Crippen LogP contribution in [0.25, 0.3) is 22.0 Å². The molecule has 1 N–H and O–H groups in total. The number of carbonyl (C=O) groups is 1. The third-order valence-electron chi connectivity index (χ3n) is 6.05. The number of pyridine rings is 1. The zero-order chi connectivity index (χ0) is 22.9. The van der Waals surface area contributed by atoms with Gasteiger partial charge in [0.15, 0.2) is 5.58 Å². The molecule has 0 radical (unpaired) electrons. The average Bonchev–Trinajstić information content (AvgIpc) is 3.44. The topological polar surface area (TPSA) is 83.6 Å². The van der Waals surface area contributed by atoms with Crippen LogP contribution in [0.1, 0.15) is 23.2 Å². The Morgan fingerprint density at radius 1 is 1.12 bits per heavy atom. The van der Waals surface area contributed by atoms with Crippen LogP contribution in [0.2, 0.25) is 0 Å². The molecule has 4 aromatic rings. The smallest absolute Gasteiger partial charge is 0.408 e. The standard InChI is InChI=1S/C25H27N5O3/c1-28(2)13-14-30-21-16-18(9-10-22(21)33-25(30)32)26-24(31)19-15-17-7-3-4-8-20(17)27-23(19)29-11-5-6-12-29/h3-4,7-10,15-16H,5-6,11-14H2,1-2H3,(H,26,31). The van der Waals surface area contributed by atoms with Crippen molar-refractivity contribution < 1.29 is 9.21 Å². The van der Waals surface area contributed by atoms with Crippen LogP contribution < -0.4 is 16.0 Å². The summed E-state index contributed by atoms with van der Waals surface area (Å²) in [4.78, 5) is 34.7. The summed E-state index contributed by atoms with van der Waals surface area (Å²) in [5.74, 6) is 0.0987. The molecule has 1 amide bonds. The van der Waals surface area contributed by atoms with Crippen molar-refractivity contribution in [3.05, 3.63) is 64.6 Å². The van der Waals surface area contributed by atoms with Gasteiger partial charge < -0.3 is 19.5 Å². The third-order valence-corrected chi connectivity index (χ3v) is 6.05. The SMILES string of the molecule is CN(C)CCn1c(=O)oc2ccc(NC(=O)c3cc4ccccc4nc3N3CCCC3)cc21. The number of fused-ring (bicyclic) bond motifs is 2. The number of aromatic nitrogens is 2. The normalized spacial score (nSPS) is 14.0. The number of likely N-dealkylation sites (N-methyl/N-ethyl adjacent to an activating group) is 1. The molecular weight excluding hydrogens is 418 g/mol. The number of amides is 1. The van der Waals surface area contributed by atoms with Crippen molar-refractivity contribution in [3.8, 4) is 0 Å². The zero-order valence-corrected chi connectivity index (χ0v) is 18.9. The Labute approximate surface area is 191 Å². The van der Waals surface area contributed by atoms with E-state index in [1.807, 2.05) is 49.3 Å². The molecule has 1 aliphatic heterocycles. The fourth-order valence-electron chi connectivity index (χ4n) is 4.29. The molecule has 1 aliphatic rings. The van der Waals surface area contributed by atoms with Gasteiger partial charge in [-0.2, -0.15) is 0 Å². The molecule has 1 fully saturated rings. The molecule has 0 atom stereocenters. The van der Waals surface area contributed by atoms with Crippen molar-refractivity contribution in [3.63, 3.8) is 0 Å². The molecule has 0 saturated carbocycles. The van der Waals surface area contributed by atoms with E-state index in [0.717, 1.165) is 42.7 Å². The summed E-state index contributed by atoms with van der Waals surface area (Å²) in [5.41, 5.74) is 3.19. The maximum absolute atomic E-state index is 13.4. The number of nitrogens with zero attached hydrogens (tertiary/aromatic N) is 4. The number of anilines is 2. The van der Waals surface area contributed by atoms with Crippen LogP contribution in [-0.2, 0) is 6.54 Å². The molecule has 0 bridgehead atoms. The molecule has 3 heterocycles. The van der Waals surface area contributed by atoms with Crippen molar-refractivity contribution in [2.45, 2.75) is 19.4 Å². The second kappa shape index (κ2) is 8.71. The maximum atomic E-state index is 13.4. The molecule has 0 unspecified atom stereocenters. The molecular formula is C25H27N5O3. The molecule has 1 saturated heterocycles. The fraction of sp³-hybridized carbons (Fsp3) is 0.320. The lowest BCUT2D eigenvalue weighted by Gasteiger charge is -2.20. The van der Waals surface area contributed by atoms with Crippen LogP contribution in [0.5, 0.6) is 0 Å². The highest BCUT2D eigenvalue weighted by molar-refractivity contribution is 6.10. The number of nitrogens with one attached hydrogen (secondary N) is 1. The number of oxazole rings is 1. The number of rotatable bonds is 6. The summed E-state index contributed by atoms with van der Waals surface area (Å²) in [6.45, 7) is 2.99. The predicted octanol–water partition coefficient (Wildman–Crippen LogP) is 3.56. The van der Waals surface area contributed by atoms with Crippen LogP contribution in [0.15, 0.2) is 57.7 Å². The third kappa shape index (κ3) is 4.21. The van der Waals surface area contributed by atoms with Gasteiger partial charge in [-0.3, -0.25) is 9.36 Å². The Morgan fingerprint density at radius 2 is 1.91 bits per heavy atom. The molecule has 170 valence electrons. The Bertz CT molecular complexity index is 1380. The predicted molar refractivity (Wildman–Crippen MR) is 130 cm³/mol. The molecule has 2 aromatic carbocycles. The second-order valence-electron chi connectivity index (χ2n) is 8.71. The summed E-state index contributed by atoms with van der Waals surface area (Å²) in [7, 11) is 3.91. The van der Waals surface area contributed by atoms with Crippen molar-refractivity contribution in [1.29, 1.82) is 0 Å². The van der Waals surface area contributed by atoms with Crippen LogP contribution in [-0.4, -0.2) is 54.1 Å². The maximum Gasteiger partial charge on any atom is 0.419 e. The molecule has 0 aliphatic carbocycles. The van der Waals surface area contributed by atoms with Gasteiger partial charge in [0.2, 0.25) is 0 Å². The van der Waals surface area contributed by atoms with E-state index in [2.05, 4.69) is 10.2 Å². The van der Waals surface area contributed by atoms with Gasteiger partial charge in [-0.1, -0.05) is 18.2 Å². The van der Waals surface area contributed by atoms with Crippen molar-refractivity contribution >= 4 is 39.4 Å². The summed E-state index contributed by atoms with van der Waals surface area (Å²) in [6.07, 6.45) is 2.19. The van der Waals surface area contributed by atoms with Gasteiger partial charge in [0.25, 0.3) is 5.91 Å². The number of hydrogen-bond acceptors (Lipinski definition) is 6. The summed E-state index contributed by atoms with van der Waals surface area (Å²) in [6, 6.07) is 15.0. The van der Waals surface area contributed by atoms with Gasteiger partial charge in [-0.25, -0.2) is 9.78 Å². The first kappa shape index (κ1) is 21.2. The van der Waals surface area contributed by atoms with Crippen LogP contribution >= 0.6 is 0 Å². The summed E-state index contributed by atoms with van der Waals surface area (Å²) in [5, 5.41) is 3.93. The molecule has 8 heteroatoms. The molecule has 2 aromatic heterocycles. The van der Waals surface area contributed by atoms with Gasteiger partial charge in [-0.15, -0.1) is 0 Å². The number of benzene rings is 2. The highest BCUT2D eigenvalue weighted by atomic mass is 16.4. The summed E-state index contributed by atoms with van der Waals surface area (Å²) >= 11 is 0. The first-order chi connectivity index (χ1) is 16.0. The average molecular weight is 446 g/mol. The first-order valence-electron chi connectivity index (χ1n) is 11.2. The summed E-state index contributed by atoms with van der Waals surface area (Å²) < 4.78 is 6.97. The largest absolute Gasteiger partial charge is 0.419 e. The Morgan fingerprint density at radius 3 is 2.70 bits per heavy atom. The van der Waals surface area contributed by atoms with Gasteiger partial charge in [0.05, 0.1) is 16.6 Å². The Balaban J connectivity index is 1.49. The van der Waals surface area contributed by atoms with Gasteiger partial charge in [0.1, 0.15) is 5.82 Å². The van der Waals surface area contributed by atoms with Crippen LogP contribution in [0.3, 0.4) is 0 Å². The zero-order valence-electron chi connectivity index (χ0n) is 18.9. The highest BCUT2D eigenvalue weighted by Crippen LogP contribution is 2.28. The molecule has 0 spiro atoms.